The van der Waals surface area contributed by atoms with E-state index in [1.165, 1.54) is 6.33 Å². The lowest BCUT2D eigenvalue weighted by Crippen LogP contribution is -2.40. The lowest BCUT2D eigenvalue weighted by Gasteiger charge is -2.33. The minimum Gasteiger partial charge on any atom is -0.481 e. The highest BCUT2D eigenvalue weighted by Gasteiger charge is 2.32. The smallest absolute Gasteiger partial charge is 0.312 e. The molecule has 1 unspecified atom stereocenters. The predicted octanol–water partition coefficient (Wildman–Crippen LogP) is 1.88. The largest absolute Gasteiger partial charge is 0.481 e. The number of aliphatic carboxylic acids is 1. The molecule has 1 atom stereocenters. The maximum Gasteiger partial charge on any atom is 0.312 e. The van der Waals surface area contributed by atoms with Crippen LogP contribution in [0.25, 0.3) is 5.78 Å². The van der Waals surface area contributed by atoms with Crippen molar-refractivity contribution in [2.24, 2.45) is 0 Å². The van der Waals surface area contributed by atoms with Gasteiger partial charge in [-0.1, -0.05) is 24.3 Å². The Morgan fingerprint density at radius 2 is 2.04 bits per heavy atom. The molecule has 1 aliphatic rings. The van der Waals surface area contributed by atoms with Gasteiger partial charge in [-0.3, -0.25) is 9.59 Å². The Hall–Kier alpha value is -3.29. The Kier molecular flexibility index (Phi) is 4.54. The molecule has 3 aromatic rings. The number of carbonyl (C=O) groups excluding carboxylic acids is 1. The molecular weight excluding hydrogens is 358 g/mol. The highest BCUT2D eigenvalue weighted by atomic mass is 16.4. The van der Waals surface area contributed by atoms with Gasteiger partial charge in [0, 0.05) is 30.9 Å². The quantitative estimate of drug-likeness (QED) is 0.743. The van der Waals surface area contributed by atoms with Crippen LogP contribution < -0.4 is 0 Å². The Morgan fingerprint density at radius 1 is 1.25 bits per heavy atom. The van der Waals surface area contributed by atoms with Crippen molar-refractivity contribution in [3.05, 3.63) is 58.7 Å². The number of aromatic nitrogens is 4. The van der Waals surface area contributed by atoms with Crippen molar-refractivity contribution in [3.63, 3.8) is 0 Å². The SMILES string of the molecule is Cc1nc2ncnn2c(C)c1CCC(=O)N1Cc2ccccc2C(C(=O)O)C1. The third-order valence-electron chi connectivity index (χ3n) is 5.42. The van der Waals surface area contributed by atoms with Gasteiger partial charge in [-0.15, -0.1) is 0 Å². The third-order valence-corrected chi connectivity index (χ3v) is 5.42. The van der Waals surface area contributed by atoms with Crippen LogP contribution in [-0.4, -0.2) is 48.0 Å². The van der Waals surface area contributed by atoms with E-state index in [9.17, 15) is 14.7 Å². The molecule has 0 bridgehead atoms. The standard InChI is InChI=1S/C20H21N5O3/c1-12-15(13(2)25-20(23-12)21-11-22-25)7-8-18(26)24-9-14-5-3-4-6-16(14)17(10-24)19(27)28/h3-6,11,17H,7-10H2,1-2H3,(H,27,28). The zero-order valence-electron chi connectivity index (χ0n) is 15.8. The number of carboxylic acid groups (broad SMARTS) is 1. The van der Waals surface area contributed by atoms with Crippen molar-refractivity contribution in [1.82, 2.24) is 24.5 Å². The lowest BCUT2D eigenvalue weighted by atomic mass is 9.89. The van der Waals surface area contributed by atoms with Gasteiger partial charge < -0.3 is 10.0 Å². The average molecular weight is 379 g/mol. The molecule has 0 saturated heterocycles. The van der Waals surface area contributed by atoms with E-state index < -0.39 is 11.9 Å². The van der Waals surface area contributed by atoms with E-state index in [-0.39, 0.29) is 18.9 Å². The van der Waals surface area contributed by atoms with E-state index in [0.29, 0.717) is 18.7 Å². The fourth-order valence-electron chi connectivity index (χ4n) is 3.92. The lowest BCUT2D eigenvalue weighted by molar-refractivity contribution is -0.141. The molecule has 8 nitrogen and oxygen atoms in total. The number of aryl methyl sites for hydroxylation is 2. The van der Waals surface area contributed by atoms with Crippen LogP contribution in [0.4, 0.5) is 0 Å². The first-order chi connectivity index (χ1) is 13.5. The van der Waals surface area contributed by atoms with Crippen LogP contribution in [0.2, 0.25) is 0 Å². The molecule has 0 saturated carbocycles. The molecule has 28 heavy (non-hydrogen) atoms. The van der Waals surface area contributed by atoms with E-state index in [1.54, 1.807) is 9.42 Å². The van der Waals surface area contributed by atoms with E-state index in [4.69, 9.17) is 0 Å². The summed E-state index contributed by atoms with van der Waals surface area (Å²) in [5.74, 6) is -1.11. The van der Waals surface area contributed by atoms with Gasteiger partial charge in [0.25, 0.3) is 5.78 Å². The Labute approximate surface area is 161 Å². The molecule has 0 spiro atoms. The predicted molar refractivity (Wildman–Crippen MR) is 101 cm³/mol. The molecule has 3 heterocycles. The molecule has 8 heteroatoms. The molecule has 1 aromatic carbocycles. The highest BCUT2D eigenvalue weighted by molar-refractivity contribution is 5.81. The molecular formula is C20H21N5O3. The number of rotatable bonds is 4. The minimum atomic E-state index is -0.905. The first-order valence-corrected chi connectivity index (χ1v) is 9.20. The Bertz CT molecular complexity index is 1070. The monoisotopic (exact) mass is 379 g/mol. The summed E-state index contributed by atoms with van der Waals surface area (Å²) in [6, 6.07) is 7.44. The molecule has 0 fully saturated rings. The maximum atomic E-state index is 12.9. The fourth-order valence-corrected chi connectivity index (χ4v) is 3.92. The third kappa shape index (κ3) is 3.11. The number of fused-ring (bicyclic) bond motifs is 2. The summed E-state index contributed by atoms with van der Waals surface area (Å²) in [6.45, 7) is 4.48. The average Bonchev–Trinajstić information content (AvgIpc) is 3.15. The van der Waals surface area contributed by atoms with Crippen molar-refractivity contribution < 1.29 is 14.7 Å². The molecule has 4 rings (SSSR count). The first kappa shape index (κ1) is 18.1. The normalized spacial score (nSPS) is 16.2. The highest BCUT2D eigenvalue weighted by Crippen LogP contribution is 2.29. The van der Waals surface area contributed by atoms with Crippen LogP contribution >= 0.6 is 0 Å². The molecule has 144 valence electrons. The summed E-state index contributed by atoms with van der Waals surface area (Å²) in [6.07, 6.45) is 2.27. The fraction of sp³-hybridized carbons (Fsp3) is 0.350. The van der Waals surface area contributed by atoms with Crippen molar-refractivity contribution in [1.29, 1.82) is 0 Å². The summed E-state index contributed by atoms with van der Waals surface area (Å²) < 4.78 is 1.67. The van der Waals surface area contributed by atoms with Gasteiger partial charge in [-0.05, 0) is 37.0 Å². The molecule has 0 aliphatic carbocycles. The maximum absolute atomic E-state index is 12.9. The summed E-state index contributed by atoms with van der Waals surface area (Å²) in [7, 11) is 0. The van der Waals surface area contributed by atoms with Crippen LogP contribution in [0.1, 0.15) is 40.4 Å². The molecule has 1 aliphatic heterocycles. The van der Waals surface area contributed by atoms with Gasteiger partial charge in [0.2, 0.25) is 5.91 Å². The Morgan fingerprint density at radius 3 is 2.82 bits per heavy atom. The number of benzene rings is 1. The van der Waals surface area contributed by atoms with Crippen LogP contribution in [0.15, 0.2) is 30.6 Å². The summed E-state index contributed by atoms with van der Waals surface area (Å²) in [4.78, 5) is 34.7. The van der Waals surface area contributed by atoms with Crippen molar-refractivity contribution in [2.75, 3.05) is 6.54 Å². The summed E-state index contributed by atoms with van der Waals surface area (Å²) in [5.41, 5.74) is 4.41. The number of carboxylic acids is 1. The van der Waals surface area contributed by atoms with Crippen molar-refractivity contribution >= 4 is 17.7 Å². The zero-order valence-corrected chi connectivity index (χ0v) is 15.8. The second-order valence-corrected chi connectivity index (χ2v) is 7.10. The second-order valence-electron chi connectivity index (χ2n) is 7.10. The minimum absolute atomic E-state index is 0.0572. The van der Waals surface area contributed by atoms with Crippen molar-refractivity contribution in [2.45, 2.75) is 39.2 Å². The van der Waals surface area contributed by atoms with Gasteiger partial charge in [0.05, 0.1) is 5.92 Å². The second kappa shape index (κ2) is 7.03. The van der Waals surface area contributed by atoms with E-state index >= 15 is 0 Å². The van der Waals surface area contributed by atoms with Gasteiger partial charge >= 0.3 is 5.97 Å². The number of nitrogens with zero attached hydrogens (tertiary/aromatic N) is 5. The summed E-state index contributed by atoms with van der Waals surface area (Å²) >= 11 is 0. The van der Waals surface area contributed by atoms with E-state index in [2.05, 4.69) is 15.1 Å². The number of hydrogen-bond donors (Lipinski definition) is 1. The van der Waals surface area contributed by atoms with Gasteiger partial charge in [-0.25, -0.2) is 9.50 Å². The number of carbonyl (C=O) groups is 2. The van der Waals surface area contributed by atoms with Gasteiger partial charge in [0.1, 0.15) is 6.33 Å². The number of amides is 1. The van der Waals surface area contributed by atoms with Crippen LogP contribution in [0, 0.1) is 13.8 Å². The molecule has 1 amide bonds. The van der Waals surface area contributed by atoms with Crippen LogP contribution in [-0.2, 0) is 22.6 Å². The Balaban J connectivity index is 1.53. The van der Waals surface area contributed by atoms with E-state index in [0.717, 1.165) is 28.1 Å². The van der Waals surface area contributed by atoms with E-state index in [1.807, 2.05) is 38.1 Å². The number of hydrogen-bond acceptors (Lipinski definition) is 5. The van der Waals surface area contributed by atoms with Crippen molar-refractivity contribution in [3.8, 4) is 0 Å². The summed E-state index contributed by atoms with van der Waals surface area (Å²) in [5, 5.41) is 13.8. The zero-order chi connectivity index (χ0) is 19.8. The topological polar surface area (TPSA) is 101 Å². The molecule has 0 radical (unpaired) electrons. The molecule has 1 N–H and O–H groups in total. The van der Waals surface area contributed by atoms with Crippen LogP contribution in [0.3, 0.4) is 0 Å². The first-order valence-electron chi connectivity index (χ1n) is 9.20. The molecule has 2 aromatic heterocycles. The van der Waals surface area contributed by atoms with Gasteiger partial charge in [0.15, 0.2) is 0 Å². The van der Waals surface area contributed by atoms with Gasteiger partial charge in [-0.2, -0.15) is 10.1 Å². The van der Waals surface area contributed by atoms with Crippen LogP contribution in [0.5, 0.6) is 0 Å².